The summed E-state index contributed by atoms with van der Waals surface area (Å²) in [7, 11) is -3.51. The zero-order valence-corrected chi connectivity index (χ0v) is 16.4. The fourth-order valence-electron chi connectivity index (χ4n) is 3.36. The van der Waals surface area contributed by atoms with E-state index in [1.807, 2.05) is 24.3 Å². The molecule has 0 amide bonds. The number of nitrogens with zero attached hydrogens (tertiary/aromatic N) is 3. The van der Waals surface area contributed by atoms with E-state index in [1.54, 1.807) is 19.9 Å². The molecule has 1 aliphatic rings. The summed E-state index contributed by atoms with van der Waals surface area (Å²) in [5, 5.41) is 8.72. The van der Waals surface area contributed by atoms with Gasteiger partial charge in [0.1, 0.15) is 0 Å². The first-order valence-electron chi connectivity index (χ1n) is 9.10. The van der Waals surface area contributed by atoms with Gasteiger partial charge in [-0.15, -0.1) is 10.2 Å². The molecule has 1 atom stereocenters. The second-order valence-electron chi connectivity index (χ2n) is 6.95. The lowest BCUT2D eigenvalue weighted by Gasteiger charge is -2.31. The molecule has 0 saturated carbocycles. The number of hydrogen-bond acceptors (Lipinski definition) is 5. The molecular weight excluding hydrogens is 348 g/mol. The third-order valence-corrected chi connectivity index (χ3v) is 6.43. The van der Waals surface area contributed by atoms with Crippen molar-refractivity contribution in [3.05, 3.63) is 35.9 Å². The molecule has 1 saturated heterocycles. The maximum atomic E-state index is 12.4. The van der Waals surface area contributed by atoms with Crippen molar-refractivity contribution < 1.29 is 8.42 Å². The number of sulfonamides is 1. The number of aromatic nitrogens is 2. The molecule has 0 radical (unpaired) electrons. The van der Waals surface area contributed by atoms with Gasteiger partial charge in [0.15, 0.2) is 5.82 Å². The molecule has 0 bridgehead atoms. The van der Waals surface area contributed by atoms with E-state index < -0.39 is 10.0 Å². The van der Waals surface area contributed by atoms with Gasteiger partial charge >= 0.3 is 0 Å². The quantitative estimate of drug-likeness (QED) is 0.871. The van der Waals surface area contributed by atoms with Crippen LogP contribution < -0.4 is 9.62 Å². The van der Waals surface area contributed by atoms with Crippen molar-refractivity contribution in [1.82, 2.24) is 14.9 Å². The summed E-state index contributed by atoms with van der Waals surface area (Å²) in [6, 6.07) is 9.24. The number of aryl methyl sites for hydroxylation is 1. The molecule has 0 spiro atoms. The molecule has 2 heterocycles. The van der Waals surface area contributed by atoms with Crippen LogP contribution in [0.1, 0.15) is 32.3 Å². The summed E-state index contributed by atoms with van der Waals surface area (Å²) < 4.78 is 27.3. The van der Waals surface area contributed by atoms with Gasteiger partial charge in [0.2, 0.25) is 10.0 Å². The number of benzene rings is 1. The van der Waals surface area contributed by atoms with E-state index in [0.29, 0.717) is 23.7 Å². The average Bonchev–Trinajstić information content (AvgIpc) is 2.62. The Labute approximate surface area is 155 Å². The van der Waals surface area contributed by atoms with Crippen LogP contribution in [0.25, 0.3) is 11.3 Å². The van der Waals surface area contributed by atoms with Gasteiger partial charge in [-0.2, -0.15) is 0 Å². The zero-order chi connectivity index (χ0) is 18.7. The Hall–Kier alpha value is -1.99. The number of piperidine rings is 1. The Morgan fingerprint density at radius 3 is 2.69 bits per heavy atom. The fourth-order valence-corrected chi connectivity index (χ4v) is 4.67. The van der Waals surface area contributed by atoms with E-state index in [0.717, 1.165) is 24.5 Å². The Balaban J connectivity index is 1.88. The first kappa shape index (κ1) is 18.8. The minimum absolute atomic E-state index is 0.285. The SMILES string of the molecule is CCNS(=O)(=O)c1cc(-c2ccc(N3CCCC(C)C3)nn2)ccc1C. The average molecular weight is 375 g/mol. The summed E-state index contributed by atoms with van der Waals surface area (Å²) in [6.07, 6.45) is 2.43. The van der Waals surface area contributed by atoms with E-state index in [9.17, 15) is 8.42 Å². The maximum absolute atomic E-state index is 12.4. The molecule has 7 heteroatoms. The highest BCUT2D eigenvalue weighted by Gasteiger charge is 2.19. The largest absolute Gasteiger partial charge is 0.355 e. The number of hydrogen-bond donors (Lipinski definition) is 1. The molecule has 1 fully saturated rings. The summed E-state index contributed by atoms with van der Waals surface area (Å²) in [6.45, 7) is 8.18. The molecule has 1 unspecified atom stereocenters. The van der Waals surface area contributed by atoms with E-state index in [4.69, 9.17) is 0 Å². The Morgan fingerprint density at radius 1 is 1.23 bits per heavy atom. The topological polar surface area (TPSA) is 75.2 Å². The highest BCUT2D eigenvalue weighted by Crippen LogP contribution is 2.26. The monoisotopic (exact) mass is 374 g/mol. The van der Waals surface area contributed by atoms with Crippen LogP contribution in [0.2, 0.25) is 0 Å². The third-order valence-electron chi connectivity index (χ3n) is 4.74. The Kier molecular flexibility index (Phi) is 5.58. The summed E-state index contributed by atoms with van der Waals surface area (Å²) >= 11 is 0. The number of rotatable bonds is 5. The van der Waals surface area contributed by atoms with Crippen LogP contribution in [0.15, 0.2) is 35.2 Å². The lowest BCUT2D eigenvalue weighted by atomic mass is 10.0. The highest BCUT2D eigenvalue weighted by molar-refractivity contribution is 7.89. The molecular formula is C19H26N4O2S. The van der Waals surface area contributed by atoms with Gasteiger partial charge in [0.05, 0.1) is 10.6 Å². The van der Waals surface area contributed by atoms with E-state index in [2.05, 4.69) is 26.7 Å². The molecule has 2 aromatic rings. The molecule has 140 valence electrons. The van der Waals surface area contributed by atoms with Crippen LogP contribution in [0.4, 0.5) is 5.82 Å². The van der Waals surface area contributed by atoms with Crippen molar-refractivity contribution in [2.24, 2.45) is 5.92 Å². The van der Waals surface area contributed by atoms with Gasteiger partial charge in [-0.1, -0.05) is 26.0 Å². The van der Waals surface area contributed by atoms with Crippen molar-refractivity contribution >= 4 is 15.8 Å². The van der Waals surface area contributed by atoms with Crippen molar-refractivity contribution in [3.8, 4) is 11.3 Å². The normalized spacial score (nSPS) is 18.1. The summed E-state index contributed by atoms with van der Waals surface area (Å²) in [4.78, 5) is 2.55. The molecule has 6 nitrogen and oxygen atoms in total. The van der Waals surface area contributed by atoms with Crippen LogP contribution in [-0.2, 0) is 10.0 Å². The van der Waals surface area contributed by atoms with Gasteiger partial charge in [-0.3, -0.25) is 0 Å². The Bertz CT molecular complexity index is 866. The molecule has 3 rings (SSSR count). The van der Waals surface area contributed by atoms with Crippen LogP contribution in [0.3, 0.4) is 0 Å². The summed E-state index contributed by atoms with van der Waals surface area (Å²) in [5.41, 5.74) is 2.13. The van der Waals surface area contributed by atoms with Gasteiger partial charge in [-0.05, 0) is 49.4 Å². The standard InChI is InChI=1S/C19H26N4O2S/c1-4-20-26(24,25)18-12-16(8-7-15(18)3)17-9-10-19(22-21-17)23-11-5-6-14(2)13-23/h7-10,12,14,20H,4-6,11,13H2,1-3H3. The molecule has 1 aromatic carbocycles. The van der Waals surface area contributed by atoms with Gasteiger partial charge in [0, 0.05) is 25.2 Å². The molecule has 1 N–H and O–H groups in total. The fraction of sp³-hybridized carbons (Fsp3) is 0.474. The first-order valence-corrected chi connectivity index (χ1v) is 10.6. The van der Waals surface area contributed by atoms with Crippen molar-refractivity contribution in [3.63, 3.8) is 0 Å². The second-order valence-corrected chi connectivity index (χ2v) is 8.69. The predicted octanol–water partition coefficient (Wildman–Crippen LogP) is 2.99. The smallest absolute Gasteiger partial charge is 0.240 e. The minimum atomic E-state index is -3.51. The highest BCUT2D eigenvalue weighted by atomic mass is 32.2. The van der Waals surface area contributed by atoms with Crippen LogP contribution in [0.5, 0.6) is 0 Å². The van der Waals surface area contributed by atoms with E-state index >= 15 is 0 Å². The number of anilines is 1. The Morgan fingerprint density at radius 2 is 2.04 bits per heavy atom. The van der Waals surface area contributed by atoms with Crippen LogP contribution in [0, 0.1) is 12.8 Å². The maximum Gasteiger partial charge on any atom is 0.240 e. The van der Waals surface area contributed by atoms with E-state index in [-0.39, 0.29) is 4.90 Å². The van der Waals surface area contributed by atoms with Crippen molar-refractivity contribution in [1.29, 1.82) is 0 Å². The third kappa shape index (κ3) is 4.04. The molecule has 1 aromatic heterocycles. The van der Waals surface area contributed by atoms with Crippen molar-refractivity contribution in [2.45, 2.75) is 38.5 Å². The van der Waals surface area contributed by atoms with Gasteiger partial charge < -0.3 is 4.90 Å². The number of nitrogens with one attached hydrogen (secondary N) is 1. The lowest BCUT2D eigenvalue weighted by molar-refractivity contribution is 0.444. The van der Waals surface area contributed by atoms with Gasteiger partial charge in [-0.25, -0.2) is 13.1 Å². The molecule has 26 heavy (non-hydrogen) atoms. The lowest BCUT2D eigenvalue weighted by Crippen LogP contribution is -2.34. The second kappa shape index (κ2) is 7.72. The molecule has 1 aliphatic heterocycles. The predicted molar refractivity (Wildman–Crippen MR) is 104 cm³/mol. The first-order chi connectivity index (χ1) is 12.4. The summed E-state index contributed by atoms with van der Waals surface area (Å²) in [5.74, 6) is 1.55. The van der Waals surface area contributed by atoms with Crippen LogP contribution >= 0.6 is 0 Å². The zero-order valence-electron chi connectivity index (χ0n) is 15.6. The molecule has 0 aliphatic carbocycles. The van der Waals surface area contributed by atoms with Crippen LogP contribution in [-0.4, -0.2) is 38.2 Å². The minimum Gasteiger partial charge on any atom is -0.355 e. The van der Waals surface area contributed by atoms with Crippen molar-refractivity contribution in [2.75, 3.05) is 24.5 Å². The van der Waals surface area contributed by atoms with E-state index in [1.165, 1.54) is 12.8 Å². The van der Waals surface area contributed by atoms with Gasteiger partial charge in [0.25, 0.3) is 0 Å².